The molecule has 0 fully saturated rings. The quantitative estimate of drug-likeness (QED) is 0.746. The van der Waals surface area contributed by atoms with Crippen LogP contribution in [0.25, 0.3) is 0 Å². The van der Waals surface area contributed by atoms with Crippen molar-refractivity contribution in [3.8, 4) is 0 Å². The average molecular weight is 217 g/mol. The first-order chi connectivity index (χ1) is 6.00. The summed E-state index contributed by atoms with van der Waals surface area (Å²) in [4.78, 5) is 11.2. The van der Waals surface area contributed by atoms with Crippen molar-refractivity contribution < 1.29 is 9.90 Å². The van der Waals surface area contributed by atoms with Gasteiger partial charge in [-0.05, 0) is 24.1 Å². The van der Waals surface area contributed by atoms with E-state index >= 15 is 0 Å². The Labute approximate surface area is 86.9 Å². The molecule has 0 radical (unpaired) electrons. The molecule has 1 aromatic rings. The molecule has 0 saturated heterocycles. The molecule has 0 unspecified atom stereocenters. The summed E-state index contributed by atoms with van der Waals surface area (Å²) in [5.74, 6) is -0.881. The third kappa shape index (κ3) is 2.64. The summed E-state index contributed by atoms with van der Waals surface area (Å²) in [6.45, 7) is 1.87. The second-order valence-electron chi connectivity index (χ2n) is 2.80. The number of benzene rings is 1. The maximum absolute atomic E-state index is 10.4. The minimum absolute atomic E-state index is 0.0479. The highest BCUT2D eigenvalue weighted by atomic mass is 35.5. The van der Waals surface area contributed by atoms with E-state index < -0.39 is 5.97 Å². The van der Waals surface area contributed by atoms with E-state index in [0.29, 0.717) is 10.6 Å². The maximum atomic E-state index is 10.4. The largest absolute Gasteiger partial charge is 0.481 e. The van der Waals surface area contributed by atoms with E-state index in [1.165, 1.54) is 0 Å². The Hall–Kier alpha value is -0.670. The Kier molecular flexibility index (Phi) is 3.22. The molecule has 0 aliphatic rings. The van der Waals surface area contributed by atoms with Crippen LogP contribution in [0.3, 0.4) is 0 Å². The van der Waals surface area contributed by atoms with Crippen LogP contribution in [-0.4, -0.2) is 11.1 Å². The molecule has 1 N–H and O–H groups in total. The number of aliphatic carboxylic acids is 1. The lowest BCUT2D eigenvalue weighted by Crippen LogP contribution is -2.01. The van der Waals surface area contributed by atoms with Gasteiger partial charge in [-0.1, -0.05) is 17.7 Å². The highest BCUT2D eigenvalue weighted by molar-refractivity contribution is 7.80. The van der Waals surface area contributed by atoms with E-state index in [0.717, 1.165) is 10.5 Å². The van der Waals surface area contributed by atoms with Gasteiger partial charge >= 0.3 is 5.97 Å². The van der Waals surface area contributed by atoms with Crippen molar-refractivity contribution >= 4 is 30.2 Å². The van der Waals surface area contributed by atoms with Crippen LogP contribution in [0, 0.1) is 6.92 Å². The summed E-state index contributed by atoms with van der Waals surface area (Å²) in [5, 5.41) is 9.03. The average Bonchev–Trinajstić information content (AvgIpc) is 1.99. The number of hydrogen-bond acceptors (Lipinski definition) is 2. The first-order valence-corrected chi connectivity index (χ1v) is 4.53. The summed E-state index contributed by atoms with van der Waals surface area (Å²) in [5.41, 5.74) is 1.56. The molecule has 0 spiro atoms. The van der Waals surface area contributed by atoms with Crippen LogP contribution in [0.2, 0.25) is 5.02 Å². The van der Waals surface area contributed by atoms with Crippen LogP contribution in [-0.2, 0) is 11.2 Å². The Morgan fingerprint density at radius 3 is 2.77 bits per heavy atom. The van der Waals surface area contributed by atoms with Gasteiger partial charge in [-0.2, -0.15) is 0 Å². The third-order valence-electron chi connectivity index (χ3n) is 1.71. The molecule has 0 aliphatic carbocycles. The Balaban J connectivity index is 3.08. The van der Waals surface area contributed by atoms with Crippen molar-refractivity contribution in [1.29, 1.82) is 0 Å². The molecule has 70 valence electrons. The number of thiol groups is 1. The zero-order valence-electron chi connectivity index (χ0n) is 7.04. The Bertz CT molecular complexity index is 350. The van der Waals surface area contributed by atoms with Gasteiger partial charge < -0.3 is 5.11 Å². The molecule has 4 heteroatoms. The third-order valence-corrected chi connectivity index (χ3v) is 2.54. The molecule has 1 aromatic carbocycles. The van der Waals surface area contributed by atoms with E-state index in [1.807, 2.05) is 6.92 Å². The number of carboxylic acid groups (broad SMARTS) is 1. The maximum Gasteiger partial charge on any atom is 0.307 e. The number of aryl methyl sites for hydroxylation is 1. The van der Waals surface area contributed by atoms with E-state index in [9.17, 15) is 4.79 Å². The molecule has 0 bridgehead atoms. The Morgan fingerprint density at radius 1 is 1.62 bits per heavy atom. The second-order valence-corrected chi connectivity index (χ2v) is 3.69. The standard InChI is InChI=1S/C9H9ClO2S/c1-5-2-6(3-9(11)12)7(10)4-8(5)13/h2,4,13H,3H2,1H3,(H,11,12). The molecule has 0 aliphatic heterocycles. The lowest BCUT2D eigenvalue weighted by molar-refractivity contribution is -0.136. The number of rotatable bonds is 2. The van der Waals surface area contributed by atoms with Gasteiger partial charge in [-0.3, -0.25) is 4.79 Å². The summed E-state index contributed by atoms with van der Waals surface area (Å²) in [7, 11) is 0. The zero-order valence-corrected chi connectivity index (χ0v) is 8.69. The minimum atomic E-state index is -0.881. The summed E-state index contributed by atoms with van der Waals surface area (Å²) in [6, 6.07) is 3.41. The Morgan fingerprint density at radius 2 is 2.23 bits per heavy atom. The fourth-order valence-electron chi connectivity index (χ4n) is 1.03. The molecule has 0 atom stereocenters. The van der Waals surface area contributed by atoms with E-state index in [4.69, 9.17) is 16.7 Å². The predicted octanol–water partition coefficient (Wildman–Crippen LogP) is 2.56. The minimum Gasteiger partial charge on any atom is -0.481 e. The van der Waals surface area contributed by atoms with E-state index in [2.05, 4.69) is 12.6 Å². The normalized spacial score (nSPS) is 10.1. The van der Waals surface area contributed by atoms with Gasteiger partial charge in [0, 0.05) is 9.92 Å². The lowest BCUT2D eigenvalue weighted by atomic mass is 10.1. The SMILES string of the molecule is Cc1cc(CC(=O)O)c(Cl)cc1S. The second kappa shape index (κ2) is 4.03. The van der Waals surface area contributed by atoms with Gasteiger partial charge in [-0.15, -0.1) is 12.6 Å². The van der Waals surface area contributed by atoms with Gasteiger partial charge in [-0.25, -0.2) is 0 Å². The fraction of sp³-hybridized carbons (Fsp3) is 0.222. The smallest absolute Gasteiger partial charge is 0.307 e. The topological polar surface area (TPSA) is 37.3 Å². The van der Waals surface area contributed by atoms with Crippen molar-refractivity contribution in [3.05, 3.63) is 28.3 Å². The predicted molar refractivity (Wildman–Crippen MR) is 54.8 cm³/mol. The molecule has 0 heterocycles. The van der Waals surface area contributed by atoms with Crippen LogP contribution in [0.15, 0.2) is 17.0 Å². The molecule has 0 saturated carbocycles. The van der Waals surface area contributed by atoms with Crippen molar-refractivity contribution in [2.24, 2.45) is 0 Å². The molecule has 0 aromatic heterocycles. The number of halogens is 1. The van der Waals surface area contributed by atoms with Crippen LogP contribution in [0.5, 0.6) is 0 Å². The fourth-order valence-corrected chi connectivity index (χ4v) is 1.53. The van der Waals surface area contributed by atoms with Crippen LogP contribution >= 0.6 is 24.2 Å². The van der Waals surface area contributed by atoms with Gasteiger partial charge in [0.05, 0.1) is 6.42 Å². The van der Waals surface area contributed by atoms with Gasteiger partial charge in [0.1, 0.15) is 0 Å². The molecular weight excluding hydrogens is 208 g/mol. The van der Waals surface area contributed by atoms with Gasteiger partial charge in [0.25, 0.3) is 0 Å². The van der Waals surface area contributed by atoms with Crippen LogP contribution < -0.4 is 0 Å². The molecule has 2 nitrogen and oxygen atoms in total. The zero-order chi connectivity index (χ0) is 10.0. The first-order valence-electron chi connectivity index (χ1n) is 3.70. The van der Waals surface area contributed by atoms with Gasteiger partial charge in [0.2, 0.25) is 0 Å². The van der Waals surface area contributed by atoms with E-state index in [-0.39, 0.29) is 6.42 Å². The monoisotopic (exact) mass is 216 g/mol. The van der Waals surface area contributed by atoms with Crippen molar-refractivity contribution in [1.82, 2.24) is 0 Å². The van der Waals surface area contributed by atoms with Crippen molar-refractivity contribution in [2.75, 3.05) is 0 Å². The summed E-state index contributed by atoms with van der Waals surface area (Å²) < 4.78 is 0. The van der Waals surface area contributed by atoms with E-state index in [1.54, 1.807) is 12.1 Å². The lowest BCUT2D eigenvalue weighted by Gasteiger charge is -2.05. The molecular formula is C9H9ClO2S. The molecule has 1 rings (SSSR count). The number of carboxylic acids is 1. The van der Waals surface area contributed by atoms with Crippen LogP contribution in [0.1, 0.15) is 11.1 Å². The summed E-state index contributed by atoms with van der Waals surface area (Å²) in [6.07, 6.45) is -0.0479. The summed E-state index contributed by atoms with van der Waals surface area (Å²) >= 11 is 10.0. The van der Waals surface area contributed by atoms with Crippen molar-refractivity contribution in [2.45, 2.75) is 18.2 Å². The van der Waals surface area contributed by atoms with Crippen LogP contribution in [0.4, 0.5) is 0 Å². The molecule has 0 amide bonds. The van der Waals surface area contributed by atoms with Crippen molar-refractivity contribution in [3.63, 3.8) is 0 Å². The van der Waals surface area contributed by atoms with Gasteiger partial charge in [0.15, 0.2) is 0 Å². The number of hydrogen-bond donors (Lipinski definition) is 2. The highest BCUT2D eigenvalue weighted by Gasteiger charge is 2.07. The molecule has 13 heavy (non-hydrogen) atoms. The first kappa shape index (κ1) is 10.4. The number of carbonyl (C=O) groups is 1. The highest BCUT2D eigenvalue weighted by Crippen LogP contribution is 2.23.